The van der Waals surface area contributed by atoms with Crippen molar-refractivity contribution in [3.05, 3.63) is 69.9 Å². The summed E-state index contributed by atoms with van der Waals surface area (Å²) in [5, 5.41) is 0. The molecule has 0 spiro atoms. The average molecular weight is 336 g/mol. The molecular formula is C16H15BrFNO. The molecule has 2 aromatic rings. The first-order valence-electron chi connectivity index (χ1n) is 6.27. The van der Waals surface area contributed by atoms with Gasteiger partial charge in [0.25, 0.3) is 0 Å². The summed E-state index contributed by atoms with van der Waals surface area (Å²) in [7, 11) is 1.85. The number of hydrogen-bond donors (Lipinski definition) is 0. The lowest BCUT2D eigenvalue weighted by molar-refractivity contribution is 0.0939. The predicted molar refractivity (Wildman–Crippen MR) is 81.2 cm³/mol. The summed E-state index contributed by atoms with van der Waals surface area (Å²) < 4.78 is 14.5. The van der Waals surface area contributed by atoms with E-state index in [0.717, 1.165) is 10.0 Å². The highest BCUT2D eigenvalue weighted by Crippen LogP contribution is 2.13. The Bertz CT molecular complexity index is 598. The number of hydrogen-bond acceptors (Lipinski definition) is 2. The zero-order valence-corrected chi connectivity index (χ0v) is 12.7. The molecule has 2 rings (SSSR count). The van der Waals surface area contributed by atoms with Crippen molar-refractivity contribution in [3.63, 3.8) is 0 Å². The fourth-order valence-corrected chi connectivity index (χ4v) is 2.24. The summed E-state index contributed by atoms with van der Waals surface area (Å²) in [6.07, 6.45) is 0. The molecule has 0 aliphatic heterocycles. The highest BCUT2D eigenvalue weighted by atomic mass is 79.9. The number of likely N-dealkylation sites (N-methyl/N-ethyl adjacent to an activating group) is 1. The average Bonchev–Trinajstić information content (AvgIpc) is 2.41. The molecule has 0 radical (unpaired) electrons. The van der Waals surface area contributed by atoms with Gasteiger partial charge in [0.15, 0.2) is 5.78 Å². The molecule has 0 aliphatic carbocycles. The van der Waals surface area contributed by atoms with Crippen molar-refractivity contribution >= 4 is 21.7 Å². The van der Waals surface area contributed by atoms with Crippen LogP contribution in [0, 0.1) is 5.82 Å². The molecule has 0 atom stereocenters. The van der Waals surface area contributed by atoms with Gasteiger partial charge in [0.1, 0.15) is 5.82 Å². The second-order valence-corrected chi connectivity index (χ2v) is 5.62. The molecule has 4 heteroatoms. The van der Waals surface area contributed by atoms with Gasteiger partial charge in [-0.25, -0.2) is 4.39 Å². The molecule has 20 heavy (non-hydrogen) atoms. The molecule has 0 saturated carbocycles. The number of rotatable bonds is 5. The maximum Gasteiger partial charge on any atom is 0.179 e. The molecule has 0 heterocycles. The molecule has 0 aliphatic rings. The van der Waals surface area contributed by atoms with Crippen LogP contribution in [0.25, 0.3) is 0 Å². The maximum absolute atomic E-state index is 13.5. The van der Waals surface area contributed by atoms with E-state index in [1.54, 1.807) is 12.1 Å². The number of Topliss-reactive ketones (excluding diaryl/α,β-unsaturated/α-hetero) is 1. The fraction of sp³-hybridized carbons (Fsp3) is 0.188. The Balaban J connectivity index is 1.98. The van der Waals surface area contributed by atoms with Crippen LogP contribution in [0.5, 0.6) is 0 Å². The quantitative estimate of drug-likeness (QED) is 0.772. The van der Waals surface area contributed by atoms with E-state index in [1.165, 1.54) is 12.1 Å². The fourth-order valence-electron chi connectivity index (χ4n) is 1.98. The number of carbonyl (C=O) groups is 1. The summed E-state index contributed by atoms with van der Waals surface area (Å²) in [5.74, 6) is -0.669. The van der Waals surface area contributed by atoms with Crippen LogP contribution in [0.1, 0.15) is 15.9 Å². The van der Waals surface area contributed by atoms with Crippen molar-refractivity contribution in [2.24, 2.45) is 0 Å². The zero-order valence-electron chi connectivity index (χ0n) is 11.1. The Morgan fingerprint density at radius 2 is 1.80 bits per heavy atom. The van der Waals surface area contributed by atoms with E-state index in [1.807, 2.05) is 36.2 Å². The van der Waals surface area contributed by atoms with Crippen molar-refractivity contribution < 1.29 is 9.18 Å². The lowest BCUT2D eigenvalue weighted by Crippen LogP contribution is -2.26. The summed E-state index contributed by atoms with van der Waals surface area (Å²) in [6.45, 7) is 0.838. The van der Waals surface area contributed by atoms with Crippen LogP contribution in [-0.2, 0) is 6.54 Å². The number of halogens is 2. The van der Waals surface area contributed by atoms with Gasteiger partial charge in [-0.15, -0.1) is 0 Å². The highest BCUT2D eigenvalue weighted by Gasteiger charge is 2.13. The Kier molecular flexibility index (Phi) is 5.04. The second kappa shape index (κ2) is 6.77. The summed E-state index contributed by atoms with van der Waals surface area (Å²) in [5.41, 5.74) is 1.26. The van der Waals surface area contributed by atoms with Gasteiger partial charge in [-0.3, -0.25) is 9.69 Å². The monoisotopic (exact) mass is 335 g/mol. The standard InChI is InChI=1S/C16H15BrFNO/c1-19(10-12-6-8-13(17)9-7-12)11-16(20)14-4-2-3-5-15(14)18/h2-9H,10-11H2,1H3. The molecule has 0 aromatic heterocycles. The van der Waals surface area contributed by atoms with Crippen LogP contribution in [0.2, 0.25) is 0 Å². The van der Waals surface area contributed by atoms with Gasteiger partial charge in [-0.1, -0.05) is 40.2 Å². The normalized spacial score (nSPS) is 10.8. The topological polar surface area (TPSA) is 20.3 Å². The largest absolute Gasteiger partial charge is 0.295 e. The molecule has 104 valence electrons. The number of nitrogens with zero attached hydrogens (tertiary/aromatic N) is 1. The molecular weight excluding hydrogens is 321 g/mol. The first-order chi connectivity index (χ1) is 9.56. The highest BCUT2D eigenvalue weighted by molar-refractivity contribution is 9.10. The lowest BCUT2D eigenvalue weighted by Gasteiger charge is -2.16. The van der Waals surface area contributed by atoms with Crippen LogP contribution in [-0.4, -0.2) is 24.3 Å². The predicted octanol–water partition coefficient (Wildman–Crippen LogP) is 3.90. The van der Waals surface area contributed by atoms with E-state index in [0.29, 0.717) is 6.54 Å². The number of carbonyl (C=O) groups excluding carboxylic acids is 1. The van der Waals surface area contributed by atoms with Crippen molar-refractivity contribution in [3.8, 4) is 0 Å². The lowest BCUT2D eigenvalue weighted by atomic mass is 10.1. The first-order valence-corrected chi connectivity index (χ1v) is 7.06. The third-order valence-electron chi connectivity index (χ3n) is 2.95. The van der Waals surface area contributed by atoms with Gasteiger partial charge >= 0.3 is 0 Å². The van der Waals surface area contributed by atoms with Crippen LogP contribution in [0.3, 0.4) is 0 Å². The molecule has 0 N–H and O–H groups in total. The molecule has 0 saturated heterocycles. The van der Waals surface area contributed by atoms with Crippen LogP contribution >= 0.6 is 15.9 Å². The van der Waals surface area contributed by atoms with Gasteiger partial charge in [-0.2, -0.15) is 0 Å². The smallest absolute Gasteiger partial charge is 0.179 e. The Morgan fingerprint density at radius 3 is 2.45 bits per heavy atom. The van der Waals surface area contributed by atoms with Gasteiger partial charge in [0, 0.05) is 11.0 Å². The van der Waals surface area contributed by atoms with Crippen molar-refractivity contribution in [1.82, 2.24) is 4.90 Å². The molecule has 0 bridgehead atoms. The van der Waals surface area contributed by atoms with Crippen molar-refractivity contribution in [2.75, 3.05) is 13.6 Å². The van der Waals surface area contributed by atoms with Crippen LogP contribution < -0.4 is 0 Å². The Labute approximate surface area is 126 Å². The number of ketones is 1. The third kappa shape index (κ3) is 3.99. The van der Waals surface area contributed by atoms with Crippen LogP contribution in [0.15, 0.2) is 53.0 Å². The van der Waals surface area contributed by atoms with Crippen molar-refractivity contribution in [2.45, 2.75) is 6.54 Å². The first kappa shape index (κ1) is 14.9. The van der Waals surface area contributed by atoms with Gasteiger partial charge in [0.2, 0.25) is 0 Å². The van der Waals surface area contributed by atoms with Gasteiger partial charge < -0.3 is 0 Å². The van der Waals surface area contributed by atoms with E-state index < -0.39 is 5.82 Å². The number of benzene rings is 2. The van der Waals surface area contributed by atoms with E-state index >= 15 is 0 Å². The van der Waals surface area contributed by atoms with Crippen molar-refractivity contribution in [1.29, 1.82) is 0 Å². The van der Waals surface area contributed by atoms with Gasteiger partial charge in [0.05, 0.1) is 12.1 Å². The van der Waals surface area contributed by atoms with E-state index in [-0.39, 0.29) is 17.9 Å². The second-order valence-electron chi connectivity index (χ2n) is 4.70. The molecule has 0 unspecified atom stereocenters. The summed E-state index contributed by atoms with van der Waals surface area (Å²) >= 11 is 3.38. The summed E-state index contributed by atoms with van der Waals surface area (Å²) in [6, 6.07) is 14.0. The third-order valence-corrected chi connectivity index (χ3v) is 3.48. The Morgan fingerprint density at radius 1 is 1.15 bits per heavy atom. The molecule has 0 fully saturated rings. The van der Waals surface area contributed by atoms with E-state index in [4.69, 9.17) is 0 Å². The Hall–Kier alpha value is -1.52. The zero-order chi connectivity index (χ0) is 14.5. The SMILES string of the molecule is CN(CC(=O)c1ccccc1F)Cc1ccc(Br)cc1. The van der Waals surface area contributed by atoms with E-state index in [2.05, 4.69) is 15.9 Å². The summed E-state index contributed by atoms with van der Waals surface area (Å²) in [4.78, 5) is 13.9. The van der Waals surface area contributed by atoms with Gasteiger partial charge in [-0.05, 0) is 36.9 Å². The van der Waals surface area contributed by atoms with Crippen LogP contribution in [0.4, 0.5) is 4.39 Å². The maximum atomic E-state index is 13.5. The molecule has 2 aromatic carbocycles. The molecule has 2 nitrogen and oxygen atoms in total. The minimum atomic E-state index is -0.463. The molecule has 0 amide bonds. The minimum Gasteiger partial charge on any atom is -0.295 e. The van der Waals surface area contributed by atoms with E-state index in [9.17, 15) is 9.18 Å². The minimum absolute atomic E-state index is 0.148.